The fourth-order valence-corrected chi connectivity index (χ4v) is 3.35. The SMILES string of the molecule is CC1(C(=O)O)CCCN(Cc2ccc(Cl)cc2Br)C1. The molecule has 1 saturated heterocycles. The zero-order valence-corrected chi connectivity index (χ0v) is 13.2. The topological polar surface area (TPSA) is 40.5 Å². The van der Waals surface area contributed by atoms with E-state index in [9.17, 15) is 9.90 Å². The van der Waals surface area contributed by atoms with Gasteiger partial charge in [-0.05, 0) is 44.0 Å². The van der Waals surface area contributed by atoms with Crippen LogP contribution in [0.3, 0.4) is 0 Å². The molecule has 1 aromatic carbocycles. The maximum Gasteiger partial charge on any atom is 0.310 e. The lowest BCUT2D eigenvalue weighted by atomic mass is 9.82. The number of carbonyl (C=O) groups is 1. The Morgan fingerprint density at radius 3 is 2.95 bits per heavy atom. The van der Waals surface area contributed by atoms with Crippen LogP contribution in [0.1, 0.15) is 25.3 Å². The van der Waals surface area contributed by atoms with Gasteiger partial charge in [0.2, 0.25) is 0 Å². The van der Waals surface area contributed by atoms with Crippen LogP contribution in [0.5, 0.6) is 0 Å². The largest absolute Gasteiger partial charge is 0.481 e. The molecule has 5 heteroatoms. The Hall–Kier alpha value is -0.580. The highest BCUT2D eigenvalue weighted by atomic mass is 79.9. The molecule has 1 unspecified atom stereocenters. The molecule has 0 aliphatic carbocycles. The molecule has 19 heavy (non-hydrogen) atoms. The first kappa shape index (κ1) is 14.8. The number of hydrogen-bond acceptors (Lipinski definition) is 2. The van der Waals surface area contributed by atoms with Crippen LogP contribution < -0.4 is 0 Å². The number of nitrogens with zero attached hydrogens (tertiary/aromatic N) is 1. The zero-order chi connectivity index (χ0) is 14.0. The van der Waals surface area contributed by atoms with Crippen LogP contribution in [0.15, 0.2) is 22.7 Å². The third kappa shape index (κ3) is 3.50. The smallest absolute Gasteiger partial charge is 0.310 e. The Labute approximate surface area is 126 Å². The van der Waals surface area contributed by atoms with E-state index in [1.54, 1.807) is 0 Å². The molecule has 0 spiro atoms. The number of carboxylic acids is 1. The van der Waals surface area contributed by atoms with Gasteiger partial charge in [0, 0.05) is 22.6 Å². The minimum absolute atomic E-state index is 0.595. The van der Waals surface area contributed by atoms with Gasteiger partial charge in [-0.2, -0.15) is 0 Å². The van der Waals surface area contributed by atoms with Crippen LogP contribution in [-0.4, -0.2) is 29.1 Å². The minimum Gasteiger partial charge on any atom is -0.481 e. The van der Waals surface area contributed by atoms with Gasteiger partial charge in [0.15, 0.2) is 0 Å². The molecule has 1 aliphatic rings. The van der Waals surface area contributed by atoms with E-state index in [1.807, 2.05) is 25.1 Å². The number of aliphatic carboxylic acids is 1. The molecule has 0 saturated carbocycles. The molecule has 2 rings (SSSR count). The summed E-state index contributed by atoms with van der Waals surface area (Å²) >= 11 is 9.43. The first-order valence-electron chi connectivity index (χ1n) is 6.30. The molecule has 104 valence electrons. The normalized spacial score (nSPS) is 24.4. The Bertz CT molecular complexity index is 494. The second kappa shape index (κ2) is 5.81. The Morgan fingerprint density at radius 1 is 1.58 bits per heavy atom. The standard InChI is InChI=1S/C14H17BrClNO2/c1-14(13(18)19)5-2-6-17(9-14)8-10-3-4-11(16)7-12(10)15/h3-4,7H,2,5-6,8-9H2,1H3,(H,18,19). The van der Waals surface area contributed by atoms with E-state index in [4.69, 9.17) is 11.6 Å². The van der Waals surface area contributed by atoms with Gasteiger partial charge in [0.05, 0.1) is 5.41 Å². The molecule has 1 N–H and O–H groups in total. The molecule has 0 bridgehead atoms. The van der Waals surface area contributed by atoms with Crippen LogP contribution in [-0.2, 0) is 11.3 Å². The van der Waals surface area contributed by atoms with Crippen molar-refractivity contribution in [2.75, 3.05) is 13.1 Å². The van der Waals surface area contributed by atoms with Crippen LogP contribution in [0.2, 0.25) is 5.02 Å². The number of piperidine rings is 1. The van der Waals surface area contributed by atoms with Gasteiger partial charge in [0.25, 0.3) is 0 Å². The van der Waals surface area contributed by atoms with Crippen molar-refractivity contribution in [3.8, 4) is 0 Å². The molecular formula is C14H17BrClNO2. The van der Waals surface area contributed by atoms with Crippen molar-refractivity contribution in [3.63, 3.8) is 0 Å². The van der Waals surface area contributed by atoms with E-state index in [1.165, 1.54) is 0 Å². The van der Waals surface area contributed by atoms with Crippen molar-refractivity contribution >= 4 is 33.5 Å². The van der Waals surface area contributed by atoms with Gasteiger partial charge in [0.1, 0.15) is 0 Å². The van der Waals surface area contributed by atoms with Crippen LogP contribution in [0.4, 0.5) is 0 Å². The van der Waals surface area contributed by atoms with Crippen molar-refractivity contribution in [1.82, 2.24) is 4.90 Å². The van der Waals surface area contributed by atoms with Gasteiger partial charge in [-0.25, -0.2) is 0 Å². The maximum atomic E-state index is 11.3. The maximum absolute atomic E-state index is 11.3. The number of hydrogen-bond donors (Lipinski definition) is 1. The van der Waals surface area contributed by atoms with E-state index >= 15 is 0 Å². The lowest BCUT2D eigenvalue weighted by Crippen LogP contribution is -2.45. The summed E-state index contributed by atoms with van der Waals surface area (Å²) < 4.78 is 0.975. The second-order valence-corrected chi connectivity index (χ2v) is 6.71. The fourth-order valence-electron chi connectivity index (χ4n) is 2.54. The predicted molar refractivity (Wildman–Crippen MR) is 79.4 cm³/mol. The molecule has 0 radical (unpaired) electrons. The average molecular weight is 347 g/mol. The molecule has 0 amide bonds. The summed E-state index contributed by atoms with van der Waals surface area (Å²) in [5.41, 5.74) is 0.510. The highest BCUT2D eigenvalue weighted by molar-refractivity contribution is 9.10. The lowest BCUT2D eigenvalue weighted by molar-refractivity contribution is -0.151. The third-order valence-electron chi connectivity index (χ3n) is 3.70. The molecule has 1 fully saturated rings. The van der Waals surface area contributed by atoms with Crippen molar-refractivity contribution in [2.24, 2.45) is 5.41 Å². The van der Waals surface area contributed by atoms with Gasteiger partial charge in [-0.1, -0.05) is 33.6 Å². The Morgan fingerprint density at radius 2 is 2.32 bits per heavy atom. The average Bonchev–Trinajstić information content (AvgIpc) is 2.33. The summed E-state index contributed by atoms with van der Waals surface area (Å²) in [4.78, 5) is 13.5. The number of likely N-dealkylation sites (tertiary alicyclic amines) is 1. The number of benzene rings is 1. The Balaban J connectivity index is 2.09. The highest BCUT2D eigenvalue weighted by Crippen LogP contribution is 2.31. The first-order valence-corrected chi connectivity index (χ1v) is 7.47. The van der Waals surface area contributed by atoms with Gasteiger partial charge >= 0.3 is 5.97 Å². The Kier molecular flexibility index (Phi) is 4.54. The van der Waals surface area contributed by atoms with E-state index in [0.29, 0.717) is 11.6 Å². The molecule has 1 aliphatic heterocycles. The van der Waals surface area contributed by atoms with Crippen molar-refractivity contribution in [3.05, 3.63) is 33.3 Å². The molecule has 3 nitrogen and oxygen atoms in total. The molecular weight excluding hydrogens is 330 g/mol. The summed E-state index contributed by atoms with van der Waals surface area (Å²) in [6.07, 6.45) is 1.68. The first-order chi connectivity index (χ1) is 8.90. The summed E-state index contributed by atoms with van der Waals surface area (Å²) in [5, 5.41) is 10.0. The summed E-state index contributed by atoms with van der Waals surface area (Å²) in [7, 11) is 0. The van der Waals surface area contributed by atoms with Gasteiger partial charge < -0.3 is 5.11 Å². The van der Waals surface area contributed by atoms with E-state index < -0.39 is 11.4 Å². The summed E-state index contributed by atoms with van der Waals surface area (Å²) in [5.74, 6) is -0.702. The van der Waals surface area contributed by atoms with Crippen LogP contribution in [0.25, 0.3) is 0 Å². The number of halogens is 2. The minimum atomic E-state index is -0.702. The predicted octanol–water partition coefficient (Wildman–Crippen LogP) is 3.79. The third-order valence-corrected chi connectivity index (χ3v) is 4.67. The van der Waals surface area contributed by atoms with E-state index in [0.717, 1.165) is 36.0 Å². The molecule has 1 heterocycles. The molecule has 1 atom stereocenters. The van der Waals surface area contributed by atoms with Crippen LogP contribution in [0, 0.1) is 5.41 Å². The lowest BCUT2D eigenvalue weighted by Gasteiger charge is -2.37. The van der Waals surface area contributed by atoms with Crippen LogP contribution >= 0.6 is 27.5 Å². The van der Waals surface area contributed by atoms with Gasteiger partial charge in [-0.15, -0.1) is 0 Å². The summed E-state index contributed by atoms with van der Waals surface area (Å²) in [6.45, 7) is 4.12. The monoisotopic (exact) mass is 345 g/mol. The fraction of sp³-hybridized carbons (Fsp3) is 0.500. The molecule has 1 aromatic rings. The van der Waals surface area contributed by atoms with E-state index in [-0.39, 0.29) is 0 Å². The second-order valence-electron chi connectivity index (χ2n) is 5.42. The number of carboxylic acid groups (broad SMARTS) is 1. The van der Waals surface area contributed by atoms with Crippen molar-refractivity contribution in [2.45, 2.75) is 26.3 Å². The van der Waals surface area contributed by atoms with Crippen molar-refractivity contribution < 1.29 is 9.90 Å². The zero-order valence-electron chi connectivity index (χ0n) is 10.8. The highest BCUT2D eigenvalue weighted by Gasteiger charge is 2.37. The van der Waals surface area contributed by atoms with Gasteiger partial charge in [-0.3, -0.25) is 9.69 Å². The number of rotatable bonds is 3. The summed E-state index contributed by atoms with van der Waals surface area (Å²) in [6, 6.07) is 5.72. The van der Waals surface area contributed by atoms with Crippen molar-refractivity contribution in [1.29, 1.82) is 0 Å². The quantitative estimate of drug-likeness (QED) is 0.905. The van der Waals surface area contributed by atoms with E-state index in [2.05, 4.69) is 20.8 Å². The molecule has 0 aromatic heterocycles.